The van der Waals surface area contributed by atoms with Gasteiger partial charge in [0, 0.05) is 19.6 Å². The summed E-state index contributed by atoms with van der Waals surface area (Å²) in [7, 11) is 0. The Morgan fingerprint density at radius 1 is 1.56 bits per heavy atom. The summed E-state index contributed by atoms with van der Waals surface area (Å²) < 4.78 is 5.42. The summed E-state index contributed by atoms with van der Waals surface area (Å²) >= 11 is 0. The lowest BCUT2D eigenvalue weighted by atomic mass is 10.1. The third kappa shape index (κ3) is 5.33. The van der Waals surface area contributed by atoms with Gasteiger partial charge in [0.15, 0.2) is 0 Å². The first-order valence-corrected chi connectivity index (χ1v) is 6.66. The van der Waals surface area contributed by atoms with Gasteiger partial charge in [-0.3, -0.25) is 9.69 Å². The lowest BCUT2D eigenvalue weighted by molar-refractivity contribution is -0.139. The van der Waals surface area contributed by atoms with E-state index in [0.717, 1.165) is 6.54 Å². The molecule has 1 N–H and O–H groups in total. The van der Waals surface area contributed by atoms with Crippen molar-refractivity contribution in [2.75, 3.05) is 39.3 Å². The number of carbonyl (C=O) groups is 1. The van der Waals surface area contributed by atoms with Gasteiger partial charge >= 0.3 is 0 Å². The SMILES string of the molecule is CCN(CC(=O)N1CCOC(C)C1)CC(C)(C)O. The van der Waals surface area contributed by atoms with Gasteiger partial charge in [0.25, 0.3) is 0 Å². The summed E-state index contributed by atoms with van der Waals surface area (Å²) in [6.45, 7) is 11.1. The summed E-state index contributed by atoms with van der Waals surface area (Å²) in [4.78, 5) is 16.0. The van der Waals surface area contributed by atoms with Crippen molar-refractivity contribution in [1.29, 1.82) is 0 Å². The zero-order chi connectivity index (χ0) is 13.8. The fraction of sp³-hybridized carbons (Fsp3) is 0.923. The van der Waals surface area contributed by atoms with Crippen LogP contribution in [0.4, 0.5) is 0 Å². The minimum Gasteiger partial charge on any atom is -0.389 e. The van der Waals surface area contributed by atoms with Crippen molar-refractivity contribution in [3.8, 4) is 0 Å². The number of ether oxygens (including phenoxy) is 1. The maximum Gasteiger partial charge on any atom is 0.236 e. The highest BCUT2D eigenvalue weighted by atomic mass is 16.5. The number of nitrogens with zero attached hydrogens (tertiary/aromatic N) is 2. The highest BCUT2D eigenvalue weighted by Crippen LogP contribution is 2.08. The minimum absolute atomic E-state index is 0.118. The molecule has 1 amide bonds. The normalized spacial score (nSPS) is 21.4. The van der Waals surface area contributed by atoms with Crippen LogP contribution in [0.25, 0.3) is 0 Å². The molecule has 1 saturated heterocycles. The molecule has 18 heavy (non-hydrogen) atoms. The fourth-order valence-electron chi connectivity index (χ4n) is 2.16. The van der Waals surface area contributed by atoms with Crippen LogP contribution < -0.4 is 0 Å². The van der Waals surface area contributed by atoms with Gasteiger partial charge in [-0.1, -0.05) is 6.92 Å². The fourth-order valence-corrected chi connectivity index (χ4v) is 2.16. The molecule has 5 nitrogen and oxygen atoms in total. The quantitative estimate of drug-likeness (QED) is 0.772. The third-order valence-electron chi connectivity index (χ3n) is 3.01. The number of carbonyl (C=O) groups excluding carboxylic acids is 1. The first kappa shape index (κ1) is 15.4. The molecule has 1 atom stereocenters. The van der Waals surface area contributed by atoms with Gasteiger partial charge in [-0.15, -0.1) is 0 Å². The number of morpholine rings is 1. The predicted octanol–water partition coefficient (Wildman–Crippen LogP) is 0.327. The molecule has 0 spiro atoms. The average molecular weight is 258 g/mol. The molecule has 1 aliphatic rings. The Bertz CT molecular complexity index is 276. The zero-order valence-electron chi connectivity index (χ0n) is 12.0. The Hall–Kier alpha value is -0.650. The molecule has 0 saturated carbocycles. The Labute approximate surface area is 110 Å². The van der Waals surface area contributed by atoms with Gasteiger partial charge in [0.2, 0.25) is 5.91 Å². The van der Waals surface area contributed by atoms with E-state index in [-0.39, 0.29) is 12.0 Å². The van der Waals surface area contributed by atoms with E-state index in [4.69, 9.17) is 4.74 Å². The summed E-state index contributed by atoms with van der Waals surface area (Å²) in [5.74, 6) is 0.122. The summed E-state index contributed by atoms with van der Waals surface area (Å²) in [6, 6.07) is 0. The minimum atomic E-state index is -0.769. The summed E-state index contributed by atoms with van der Waals surface area (Å²) in [5, 5.41) is 9.80. The van der Waals surface area contributed by atoms with Crippen molar-refractivity contribution in [3.63, 3.8) is 0 Å². The Morgan fingerprint density at radius 3 is 2.72 bits per heavy atom. The molecule has 0 aromatic rings. The summed E-state index contributed by atoms with van der Waals surface area (Å²) in [6.07, 6.45) is 0.118. The van der Waals surface area contributed by atoms with Crippen LogP contribution in [0.15, 0.2) is 0 Å². The van der Waals surface area contributed by atoms with E-state index in [1.165, 1.54) is 0 Å². The number of hydrogen-bond donors (Lipinski definition) is 1. The number of amides is 1. The van der Waals surface area contributed by atoms with Crippen LogP contribution in [-0.2, 0) is 9.53 Å². The number of likely N-dealkylation sites (N-methyl/N-ethyl adjacent to an activating group) is 1. The van der Waals surface area contributed by atoms with Crippen LogP contribution in [-0.4, -0.2) is 71.8 Å². The highest BCUT2D eigenvalue weighted by Gasteiger charge is 2.24. The lowest BCUT2D eigenvalue weighted by Gasteiger charge is -2.34. The average Bonchev–Trinajstić information content (AvgIpc) is 2.26. The third-order valence-corrected chi connectivity index (χ3v) is 3.01. The summed E-state index contributed by atoms with van der Waals surface area (Å²) in [5.41, 5.74) is -0.769. The van der Waals surface area contributed by atoms with Gasteiger partial charge < -0.3 is 14.7 Å². The maximum atomic E-state index is 12.1. The molecule has 1 fully saturated rings. The second-order valence-corrected chi connectivity index (χ2v) is 5.64. The van der Waals surface area contributed by atoms with Crippen LogP contribution in [0.1, 0.15) is 27.7 Å². The second kappa shape index (κ2) is 6.50. The van der Waals surface area contributed by atoms with Crippen molar-refractivity contribution in [1.82, 2.24) is 9.80 Å². The van der Waals surface area contributed by atoms with E-state index < -0.39 is 5.60 Å². The standard InChI is InChI=1S/C13H26N2O3/c1-5-14(10-13(3,4)17)9-12(16)15-6-7-18-11(2)8-15/h11,17H,5-10H2,1-4H3. The largest absolute Gasteiger partial charge is 0.389 e. The van der Waals surface area contributed by atoms with Crippen LogP contribution in [0.5, 0.6) is 0 Å². The number of aliphatic hydroxyl groups is 1. The van der Waals surface area contributed by atoms with Crippen LogP contribution >= 0.6 is 0 Å². The monoisotopic (exact) mass is 258 g/mol. The molecule has 1 heterocycles. The van der Waals surface area contributed by atoms with Gasteiger partial charge in [-0.25, -0.2) is 0 Å². The van der Waals surface area contributed by atoms with E-state index in [2.05, 4.69) is 0 Å². The van der Waals surface area contributed by atoms with Crippen molar-refractivity contribution in [2.24, 2.45) is 0 Å². The molecular formula is C13H26N2O3. The molecule has 1 unspecified atom stereocenters. The molecule has 0 aromatic heterocycles. The van der Waals surface area contributed by atoms with Crippen molar-refractivity contribution < 1.29 is 14.6 Å². The maximum absolute atomic E-state index is 12.1. The van der Waals surface area contributed by atoms with Crippen LogP contribution in [0.3, 0.4) is 0 Å². The van der Waals surface area contributed by atoms with Gasteiger partial charge in [0.05, 0.1) is 24.9 Å². The van der Waals surface area contributed by atoms with Gasteiger partial charge in [0.1, 0.15) is 0 Å². The first-order valence-electron chi connectivity index (χ1n) is 6.66. The topological polar surface area (TPSA) is 53.0 Å². The molecule has 0 bridgehead atoms. The number of hydrogen-bond acceptors (Lipinski definition) is 4. The van der Waals surface area contributed by atoms with Crippen LogP contribution in [0.2, 0.25) is 0 Å². The Morgan fingerprint density at radius 2 is 2.22 bits per heavy atom. The van der Waals surface area contributed by atoms with E-state index in [1.54, 1.807) is 13.8 Å². The Kier molecular flexibility index (Phi) is 5.56. The first-order chi connectivity index (χ1) is 8.31. The van der Waals surface area contributed by atoms with Crippen LogP contribution in [0, 0.1) is 0 Å². The zero-order valence-corrected chi connectivity index (χ0v) is 12.0. The van der Waals surface area contributed by atoms with E-state index in [0.29, 0.717) is 32.8 Å². The molecule has 5 heteroatoms. The lowest BCUT2D eigenvalue weighted by Crippen LogP contribution is -2.50. The molecule has 1 rings (SSSR count). The Balaban J connectivity index is 2.46. The van der Waals surface area contributed by atoms with Crippen molar-refractivity contribution >= 4 is 5.91 Å². The van der Waals surface area contributed by atoms with E-state index in [9.17, 15) is 9.90 Å². The molecule has 0 aliphatic carbocycles. The molecule has 106 valence electrons. The predicted molar refractivity (Wildman–Crippen MR) is 70.4 cm³/mol. The van der Waals surface area contributed by atoms with Crippen molar-refractivity contribution in [3.05, 3.63) is 0 Å². The smallest absolute Gasteiger partial charge is 0.236 e. The number of rotatable bonds is 5. The second-order valence-electron chi connectivity index (χ2n) is 5.64. The highest BCUT2D eigenvalue weighted by molar-refractivity contribution is 5.78. The molecule has 0 radical (unpaired) electrons. The molecular weight excluding hydrogens is 232 g/mol. The van der Waals surface area contributed by atoms with Crippen molar-refractivity contribution in [2.45, 2.75) is 39.4 Å². The van der Waals surface area contributed by atoms with E-state index in [1.807, 2.05) is 23.6 Å². The van der Waals surface area contributed by atoms with Gasteiger partial charge in [-0.05, 0) is 27.3 Å². The molecule has 1 aliphatic heterocycles. The molecule has 0 aromatic carbocycles. The van der Waals surface area contributed by atoms with Gasteiger partial charge in [-0.2, -0.15) is 0 Å². The van der Waals surface area contributed by atoms with E-state index >= 15 is 0 Å².